The van der Waals surface area contributed by atoms with Crippen LogP contribution in [0.2, 0.25) is 10.0 Å². The number of rotatable bonds is 2. The van der Waals surface area contributed by atoms with Crippen molar-refractivity contribution in [3.8, 4) is 0 Å². The van der Waals surface area contributed by atoms with Gasteiger partial charge in [-0.2, -0.15) is 0 Å². The van der Waals surface area contributed by atoms with E-state index in [1.807, 2.05) is 0 Å². The second kappa shape index (κ2) is 6.64. The van der Waals surface area contributed by atoms with Crippen LogP contribution < -0.4 is 5.32 Å². The van der Waals surface area contributed by atoms with Crippen LogP contribution in [0.1, 0.15) is 10.4 Å². The van der Waals surface area contributed by atoms with E-state index in [-0.39, 0.29) is 11.8 Å². The standard InChI is InChI=1S/C14H17Cl2N3O2/c1-18(2)14(21)12-8-17-5-6-19(12)13(20)9-3-4-10(15)11(16)7-9/h3-4,7,12,17H,5-6,8H2,1-2H3. The number of piperazine rings is 1. The first-order chi connectivity index (χ1) is 9.91. The number of benzene rings is 1. The Morgan fingerprint density at radius 2 is 2.00 bits per heavy atom. The number of halogens is 2. The molecule has 1 heterocycles. The molecule has 1 aromatic rings. The van der Waals surface area contributed by atoms with Crippen LogP contribution in [0, 0.1) is 0 Å². The molecule has 5 nitrogen and oxygen atoms in total. The molecule has 1 N–H and O–H groups in total. The zero-order valence-electron chi connectivity index (χ0n) is 11.9. The van der Waals surface area contributed by atoms with Gasteiger partial charge in [0.1, 0.15) is 6.04 Å². The highest BCUT2D eigenvalue weighted by Crippen LogP contribution is 2.24. The first-order valence-electron chi connectivity index (χ1n) is 6.59. The van der Waals surface area contributed by atoms with E-state index < -0.39 is 6.04 Å². The van der Waals surface area contributed by atoms with Crippen LogP contribution in [0.3, 0.4) is 0 Å². The second-order valence-electron chi connectivity index (χ2n) is 5.08. The van der Waals surface area contributed by atoms with Gasteiger partial charge in [0, 0.05) is 39.3 Å². The highest BCUT2D eigenvalue weighted by molar-refractivity contribution is 6.42. The highest BCUT2D eigenvalue weighted by Gasteiger charge is 2.33. The number of carbonyl (C=O) groups excluding carboxylic acids is 2. The van der Waals surface area contributed by atoms with Gasteiger partial charge >= 0.3 is 0 Å². The van der Waals surface area contributed by atoms with Crippen molar-refractivity contribution in [1.29, 1.82) is 0 Å². The molecule has 0 aromatic heterocycles. The summed E-state index contributed by atoms with van der Waals surface area (Å²) in [5.41, 5.74) is 0.433. The van der Waals surface area contributed by atoms with E-state index >= 15 is 0 Å². The van der Waals surface area contributed by atoms with E-state index in [0.29, 0.717) is 35.2 Å². The monoisotopic (exact) mass is 329 g/mol. The number of hydrogen-bond donors (Lipinski definition) is 1. The molecule has 0 radical (unpaired) electrons. The average molecular weight is 330 g/mol. The lowest BCUT2D eigenvalue weighted by Crippen LogP contribution is -2.59. The van der Waals surface area contributed by atoms with Crippen LogP contribution in [-0.2, 0) is 4.79 Å². The Morgan fingerprint density at radius 1 is 1.29 bits per heavy atom. The molecule has 1 aliphatic rings. The molecule has 1 atom stereocenters. The van der Waals surface area contributed by atoms with Crippen molar-refractivity contribution < 1.29 is 9.59 Å². The molecule has 0 aliphatic carbocycles. The first-order valence-corrected chi connectivity index (χ1v) is 7.35. The van der Waals surface area contributed by atoms with Gasteiger partial charge in [-0.1, -0.05) is 23.2 Å². The fourth-order valence-electron chi connectivity index (χ4n) is 2.26. The maximum absolute atomic E-state index is 12.6. The number of hydrogen-bond acceptors (Lipinski definition) is 3. The lowest BCUT2D eigenvalue weighted by atomic mass is 10.1. The molecule has 1 unspecified atom stereocenters. The van der Waals surface area contributed by atoms with E-state index in [9.17, 15) is 9.59 Å². The molecular formula is C14H17Cl2N3O2. The summed E-state index contributed by atoms with van der Waals surface area (Å²) in [6.07, 6.45) is 0. The van der Waals surface area contributed by atoms with Crippen molar-refractivity contribution in [2.75, 3.05) is 33.7 Å². The molecule has 0 saturated carbocycles. The van der Waals surface area contributed by atoms with Crippen LogP contribution >= 0.6 is 23.2 Å². The summed E-state index contributed by atoms with van der Waals surface area (Å²) >= 11 is 11.8. The molecule has 2 amide bonds. The van der Waals surface area contributed by atoms with Crippen molar-refractivity contribution in [3.05, 3.63) is 33.8 Å². The Morgan fingerprint density at radius 3 is 2.62 bits per heavy atom. The average Bonchev–Trinajstić information content (AvgIpc) is 2.48. The SMILES string of the molecule is CN(C)C(=O)C1CNCCN1C(=O)c1ccc(Cl)c(Cl)c1. The molecule has 0 spiro atoms. The molecule has 0 bridgehead atoms. The topological polar surface area (TPSA) is 52.7 Å². The zero-order chi connectivity index (χ0) is 15.6. The van der Waals surface area contributed by atoms with Gasteiger partial charge in [-0.3, -0.25) is 9.59 Å². The minimum Gasteiger partial charge on any atom is -0.347 e. The highest BCUT2D eigenvalue weighted by atomic mass is 35.5. The molecular weight excluding hydrogens is 313 g/mol. The van der Waals surface area contributed by atoms with Crippen molar-refractivity contribution >= 4 is 35.0 Å². The van der Waals surface area contributed by atoms with Crippen LogP contribution in [0.25, 0.3) is 0 Å². The molecule has 1 saturated heterocycles. The fraction of sp³-hybridized carbons (Fsp3) is 0.429. The summed E-state index contributed by atoms with van der Waals surface area (Å²) in [6, 6.07) is 4.24. The lowest BCUT2D eigenvalue weighted by Gasteiger charge is -2.36. The first kappa shape index (κ1) is 16.1. The third kappa shape index (κ3) is 3.48. The summed E-state index contributed by atoms with van der Waals surface area (Å²) in [7, 11) is 3.36. The fourth-order valence-corrected chi connectivity index (χ4v) is 2.56. The van der Waals surface area contributed by atoms with Gasteiger partial charge in [0.2, 0.25) is 5.91 Å². The molecule has 21 heavy (non-hydrogen) atoms. The van der Waals surface area contributed by atoms with E-state index in [1.165, 1.54) is 11.0 Å². The smallest absolute Gasteiger partial charge is 0.254 e. The predicted molar refractivity (Wildman–Crippen MR) is 82.9 cm³/mol. The van der Waals surface area contributed by atoms with Crippen LogP contribution in [-0.4, -0.2) is 61.4 Å². The van der Waals surface area contributed by atoms with E-state index in [1.54, 1.807) is 31.1 Å². The Bertz CT molecular complexity index is 563. The largest absolute Gasteiger partial charge is 0.347 e. The van der Waals surface area contributed by atoms with Crippen LogP contribution in [0.5, 0.6) is 0 Å². The van der Waals surface area contributed by atoms with E-state index in [0.717, 1.165) is 0 Å². The second-order valence-corrected chi connectivity index (χ2v) is 5.89. The summed E-state index contributed by atoms with van der Waals surface area (Å²) in [6.45, 7) is 1.58. The maximum atomic E-state index is 12.6. The summed E-state index contributed by atoms with van der Waals surface area (Å²) < 4.78 is 0. The third-order valence-electron chi connectivity index (χ3n) is 3.40. The lowest BCUT2D eigenvalue weighted by molar-refractivity contribution is -0.134. The summed E-state index contributed by atoms with van der Waals surface area (Å²) in [4.78, 5) is 27.9. The number of amides is 2. The molecule has 2 rings (SSSR count). The van der Waals surface area contributed by atoms with E-state index in [4.69, 9.17) is 23.2 Å². The normalized spacial score (nSPS) is 18.5. The predicted octanol–water partition coefficient (Wildman–Crippen LogP) is 1.50. The molecule has 1 fully saturated rings. The molecule has 1 aliphatic heterocycles. The van der Waals surface area contributed by atoms with Gasteiger partial charge < -0.3 is 15.1 Å². The molecule has 1 aromatic carbocycles. The molecule has 7 heteroatoms. The van der Waals surface area contributed by atoms with Gasteiger partial charge in [-0.25, -0.2) is 0 Å². The minimum absolute atomic E-state index is 0.101. The number of nitrogens with one attached hydrogen (secondary N) is 1. The number of carbonyl (C=O) groups is 2. The van der Waals surface area contributed by atoms with E-state index in [2.05, 4.69) is 5.32 Å². The van der Waals surface area contributed by atoms with Crippen molar-refractivity contribution in [2.24, 2.45) is 0 Å². The summed E-state index contributed by atoms with van der Waals surface area (Å²) in [5.74, 6) is -0.314. The van der Waals surface area contributed by atoms with Gasteiger partial charge in [-0.15, -0.1) is 0 Å². The maximum Gasteiger partial charge on any atom is 0.254 e. The van der Waals surface area contributed by atoms with Crippen LogP contribution in [0.4, 0.5) is 0 Å². The Labute approximate surface area is 133 Å². The number of nitrogens with zero attached hydrogens (tertiary/aromatic N) is 2. The third-order valence-corrected chi connectivity index (χ3v) is 4.14. The van der Waals surface area contributed by atoms with Gasteiger partial charge in [-0.05, 0) is 18.2 Å². The molecule has 114 valence electrons. The van der Waals surface area contributed by atoms with Gasteiger partial charge in [0.25, 0.3) is 5.91 Å². The Hall–Kier alpha value is -1.30. The summed E-state index contributed by atoms with van der Waals surface area (Å²) in [5, 5.41) is 3.86. The van der Waals surface area contributed by atoms with Crippen LogP contribution in [0.15, 0.2) is 18.2 Å². The minimum atomic E-state index is -0.504. The zero-order valence-corrected chi connectivity index (χ0v) is 13.4. The Kier molecular flexibility index (Phi) is 5.08. The quantitative estimate of drug-likeness (QED) is 0.894. The van der Waals surface area contributed by atoms with Crippen molar-refractivity contribution in [2.45, 2.75) is 6.04 Å². The van der Waals surface area contributed by atoms with Gasteiger partial charge in [0.15, 0.2) is 0 Å². The van der Waals surface area contributed by atoms with Crippen molar-refractivity contribution in [1.82, 2.24) is 15.1 Å². The number of likely N-dealkylation sites (N-methyl/N-ethyl adjacent to an activating group) is 1. The Balaban J connectivity index is 2.26. The van der Waals surface area contributed by atoms with Crippen molar-refractivity contribution in [3.63, 3.8) is 0 Å². The van der Waals surface area contributed by atoms with Gasteiger partial charge in [0.05, 0.1) is 10.0 Å².